The van der Waals surface area contributed by atoms with Crippen LogP contribution in [0.25, 0.3) is 0 Å². The van der Waals surface area contributed by atoms with E-state index >= 15 is 0 Å². The highest BCUT2D eigenvalue weighted by Crippen LogP contribution is 2.21. The molecule has 0 saturated carbocycles. The number of ether oxygens (including phenoxy) is 1. The molecule has 1 aromatic heterocycles. The molecule has 0 aliphatic carbocycles. The van der Waals surface area contributed by atoms with Crippen LogP contribution >= 0.6 is 22.9 Å². The van der Waals surface area contributed by atoms with E-state index in [0.29, 0.717) is 22.4 Å². The number of thiophene rings is 1. The Kier molecular flexibility index (Phi) is 7.17. The van der Waals surface area contributed by atoms with E-state index in [2.05, 4.69) is 5.32 Å². The van der Waals surface area contributed by atoms with Crippen molar-refractivity contribution in [3.63, 3.8) is 0 Å². The first-order valence-corrected chi connectivity index (χ1v) is 9.21. The molecule has 7 heteroatoms. The molecule has 2 rings (SSSR count). The number of carbonyl (C=O) groups excluding carboxylic acids is 2. The number of hydrogen-bond donors (Lipinski definition) is 1. The predicted octanol–water partition coefficient (Wildman–Crippen LogP) is 3.78. The average Bonchev–Trinajstić information content (AvgIpc) is 3.00. The second kappa shape index (κ2) is 9.13. The van der Waals surface area contributed by atoms with Gasteiger partial charge >= 0.3 is 6.09 Å². The van der Waals surface area contributed by atoms with Gasteiger partial charge in [0, 0.05) is 19.6 Å². The van der Waals surface area contributed by atoms with Crippen LogP contribution in [0, 0.1) is 5.92 Å². The van der Waals surface area contributed by atoms with Crippen molar-refractivity contribution in [2.24, 2.45) is 5.92 Å². The molecule has 1 N–H and O–H groups in total. The zero-order chi connectivity index (χ0) is 16.7. The molecule has 0 spiro atoms. The highest BCUT2D eigenvalue weighted by atomic mass is 35.5. The van der Waals surface area contributed by atoms with E-state index in [-0.39, 0.29) is 17.9 Å². The van der Waals surface area contributed by atoms with Crippen molar-refractivity contribution in [1.29, 1.82) is 0 Å². The highest BCUT2D eigenvalue weighted by Gasteiger charge is 2.18. The van der Waals surface area contributed by atoms with Gasteiger partial charge in [-0.1, -0.05) is 18.5 Å². The average molecular weight is 359 g/mol. The van der Waals surface area contributed by atoms with Gasteiger partial charge in [-0.15, -0.1) is 11.3 Å². The van der Waals surface area contributed by atoms with Gasteiger partial charge in [-0.05, 0) is 43.7 Å². The monoisotopic (exact) mass is 358 g/mol. The number of nitrogens with one attached hydrogen (secondary N) is 1. The Balaban J connectivity index is 1.60. The molecule has 0 unspecified atom stereocenters. The van der Waals surface area contributed by atoms with E-state index in [1.807, 2.05) is 6.92 Å². The van der Waals surface area contributed by atoms with Gasteiger partial charge in [-0.25, -0.2) is 4.79 Å². The second-order valence-corrected chi connectivity index (χ2v) is 7.59. The number of hydrogen-bond acceptors (Lipinski definition) is 4. The summed E-state index contributed by atoms with van der Waals surface area (Å²) in [4.78, 5) is 26.1. The number of rotatable bonds is 6. The molecule has 1 aliphatic rings. The molecule has 5 nitrogen and oxygen atoms in total. The van der Waals surface area contributed by atoms with Crippen molar-refractivity contribution in [2.45, 2.75) is 32.6 Å². The molecule has 0 radical (unpaired) electrons. The minimum absolute atomic E-state index is 0.112. The van der Waals surface area contributed by atoms with Crippen LogP contribution in [0.1, 0.15) is 42.3 Å². The van der Waals surface area contributed by atoms with E-state index in [1.54, 1.807) is 17.0 Å². The van der Waals surface area contributed by atoms with Crippen molar-refractivity contribution in [3.8, 4) is 0 Å². The number of likely N-dealkylation sites (tertiary alicyclic amines) is 1. The smallest absolute Gasteiger partial charge is 0.409 e. The summed E-state index contributed by atoms with van der Waals surface area (Å²) in [5, 5.41) is 2.86. The lowest BCUT2D eigenvalue weighted by atomic mass is 10.1. The van der Waals surface area contributed by atoms with Gasteiger partial charge in [-0.3, -0.25) is 4.79 Å². The first kappa shape index (κ1) is 18.1. The van der Waals surface area contributed by atoms with Crippen molar-refractivity contribution in [1.82, 2.24) is 10.2 Å². The number of carbonyl (C=O) groups is 2. The van der Waals surface area contributed by atoms with E-state index < -0.39 is 0 Å². The standard InChI is InChI=1S/C16H23ClN2O3S/c1-12(11-22-16(21)19-9-3-2-4-10-19)7-8-18-15(20)13-5-6-14(17)23-13/h5-6,12H,2-4,7-11H2,1H3,(H,18,20)/t12-/m1/s1. The van der Waals surface area contributed by atoms with Gasteiger partial charge < -0.3 is 15.0 Å². The van der Waals surface area contributed by atoms with Gasteiger partial charge in [0.25, 0.3) is 5.91 Å². The Morgan fingerprint density at radius 2 is 2.09 bits per heavy atom. The maximum absolute atomic E-state index is 11.9. The summed E-state index contributed by atoms with van der Waals surface area (Å²) >= 11 is 7.07. The molecule has 23 heavy (non-hydrogen) atoms. The number of piperidine rings is 1. The third kappa shape index (κ3) is 6.03. The largest absolute Gasteiger partial charge is 0.449 e. The van der Waals surface area contributed by atoms with E-state index in [4.69, 9.17) is 16.3 Å². The minimum Gasteiger partial charge on any atom is -0.449 e. The summed E-state index contributed by atoms with van der Waals surface area (Å²) in [6, 6.07) is 3.43. The molecule has 1 saturated heterocycles. The lowest BCUT2D eigenvalue weighted by Crippen LogP contribution is -2.36. The molecule has 1 aliphatic heterocycles. The molecular weight excluding hydrogens is 336 g/mol. The van der Waals surface area contributed by atoms with Crippen LogP contribution in [-0.4, -0.2) is 43.1 Å². The summed E-state index contributed by atoms with van der Waals surface area (Å²) in [5.74, 6) is 0.0929. The van der Waals surface area contributed by atoms with Gasteiger partial charge in [-0.2, -0.15) is 0 Å². The fourth-order valence-electron chi connectivity index (χ4n) is 2.42. The Labute approximate surface area is 145 Å². The highest BCUT2D eigenvalue weighted by molar-refractivity contribution is 7.17. The SMILES string of the molecule is C[C@H](CCNC(=O)c1ccc(Cl)s1)COC(=O)N1CCCCC1. The predicted molar refractivity (Wildman–Crippen MR) is 92.2 cm³/mol. The molecule has 0 aromatic carbocycles. The van der Waals surface area contributed by atoms with Crippen molar-refractivity contribution >= 4 is 34.9 Å². The quantitative estimate of drug-likeness (QED) is 0.841. The molecule has 1 aromatic rings. The summed E-state index contributed by atoms with van der Waals surface area (Å²) < 4.78 is 5.95. The Morgan fingerprint density at radius 3 is 2.74 bits per heavy atom. The third-order valence-electron chi connectivity index (χ3n) is 3.83. The number of nitrogens with zero attached hydrogens (tertiary/aromatic N) is 1. The Hall–Kier alpha value is -1.27. The van der Waals surface area contributed by atoms with E-state index in [1.165, 1.54) is 17.8 Å². The van der Waals surface area contributed by atoms with Gasteiger partial charge in [0.2, 0.25) is 0 Å². The van der Waals surface area contributed by atoms with Crippen LogP contribution in [-0.2, 0) is 4.74 Å². The van der Waals surface area contributed by atoms with Crippen LogP contribution in [0.15, 0.2) is 12.1 Å². The van der Waals surface area contributed by atoms with Gasteiger partial charge in [0.1, 0.15) is 0 Å². The van der Waals surface area contributed by atoms with Crippen LogP contribution < -0.4 is 5.32 Å². The van der Waals surface area contributed by atoms with E-state index in [9.17, 15) is 9.59 Å². The fraction of sp³-hybridized carbons (Fsp3) is 0.625. The van der Waals surface area contributed by atoms with Gasteiger partial charge in [0.15, 0.2) is 0 Å². The molecule has 2 amide bonds. The summed E-state index contributed by atoms with van der Waals surface area (Å²) in [6.07, 6.45) is 3.86. The van der Waals surface area contributed by atoms with Crippen molar-refractivity contribution < 1.29 is 14.3 Å². The Bertz CT molecular complexity index is 529. The molecule has 2 heterocycles. The molecule has 1 fully saturated rings. The first-order chi connectivity index (χ1) is 11.1. The zero-order valence-corrected chi connectivity index (χ0v) is 14.9. The fourth-order valence-corrected chi connectivity index (χ4v) is 3.38. The second-order valence-electron chi connectivity index (χ2n) is 5.88. The maximum Gasteiger partial charge on any atom is 0.409 e. The molecule has 0 bridgehead atoms. The normalized spacial score (nSPS) is 16.0. The molecule has 128 valence electrons. The minimum atomic E-state index is -0.214. The summed E-state index contributed by atoms with van der Waals surface area (Å²) in [5.41, 5.74) is 0. The van der Waals surface area contributed by atoms with Crippen molar-refractivity contribution in [3.05, 3.63) is 21.3 Å². The number of amides is 2. The van der Waals surface area contributed by atoms with Crippen LogP contribution in [0.3, 0.4) is 0 Å². The Morgan fingerprint density at radius 1 is 1.35 bits per heavy atom. The zero-order valence-electron chi connectivity index (χ0n) is 13.3. The molecule has 1 atom stereocenters. The van der Waals surface area contributed by atoms with Crippen LogP contribution in [0.2, 0.25) is 4.34 Å². The lowest BCUT2D eigenvalue weighted by Gasteiger charge is -2.26. The third-order valence-corrected chi connectivity index (χ3v) is 5.06. The van der Waals surface area contributed by atoms with Gasteiger partial charge in [0.05, 0.1) is 15.8 Å². The topological polar surface area (TPSA) is 58.6 Å². The van der Waals surface area contributed by atoms with Crippen LogP contribution in [0.5, 0.6) is 0 Å². The molecular formula is C16H23ClN2O3S. The number of halogens is 1. The summed E-state index contributed by atoms with van der Waals surface area (Å²) in [7, 11) is 0. The van der Waals surface area contributed by atoms with Crippen molar-refractivity contribution in [2.75, 3.05) is 26.2 Å². The maximum atomic E-state index is 11.9. The summed E-state index contributed by atoms with van der Waals surface area (Å²) in [6.45, 7) is 4.55. The van der Waals surface area contributed by atoms with E-state index in [0.717, 1.165) is 32.4 Å². The van der Waals surface area contributed by atoms with Crippen LogP contribution in [0.4, 0.5) is 4.79 Å². The first-order valence-electron chi connectivity index (χ1n) is 8.01. The lowest BCUT2D eigenvalue weighted by molar-refractivity contribution is 0.0814.